The Morgan fingerprint density at radius 2 is 2.00 bits per heavy atom. The van der Waals surface area contributed by atoms with Gasteiger partial charge < -0.3 is 4.74 Å². The van der Waals surface area contributed by atoms with E-state index < -0.39 is 16.0 Å². The molecule has 0 amide bonds. The third-order valence-electron chi connectivity index (χ3n) is 3.14. The van der Waals surface area contributed by atoms with Gasteiger partial charge >= 0.3 is 5.97 Å². The zero-order valence-electron chi connectivity index (χ0n) is 12.9. The summed E-state index contributed by atoms with van der Waals surface area (Å²) in [6.45, 7) is 4.19. The third-order valence-corrected chi connectivity index (χ3v) is 5.70. The lowest BCUT2D eigenvalue weighted by molar-refractivity contribution is 0.0509. The molecule has 124 valence electrons. The maximum atomic E-state index is 11.9. The van der Waals surface area contributed by atoms with Crippen molar-refractivity contribution in [2.45, 2.75) is 25.2 Å². The predicted molar refractivity (Wildman–Crippen MR) is 88.1 cm³/mol. The number of esters is 1. The van der Waals surface area contributed by atoms with Gasteiger partial charge in [0.25, 0.3) is 0 Å². The lowest BCUT2D eigenvalue weighted by Gasteiger charge is -2.07. The zero-order valence-corrected chi connectivity index (χ0v) is 14.5. The van der Waals surface area contributed by atoms with Crippen molar-refractivity contribution in [2.24, 2.45) is 0 Å². The topological polar surface area (TPSA) is 85.4 Å². The first-order valence-electron chi connectivity index (χ1n) is 7.10. The van der Waals surface area contributed by atoms with E-state index in [0.29, 0.717) is 18.5 Å². The van der Waals surface area contributed by atoms with Crippen molar-refractivity contribution in [3.05, 3.63) is 45.9 Å². The maximum Gasteiger partial charge on any atom is 0.338 e. The molecule has 1 aromatic heterocycles. The molecule has 0 saturated heterocycles. The summed E-state index contributed by atoms with van der Waals surface area (Å²) in [5, 5.41) is 0. The summed E-state index contributed by atoms with van der Waals surface area (Å²) in [6.07, 6.45) is 0.620. The highest BCUT2D eigenvalue weighted by molar-refractivity contribution is 7.89. The van der Waals surface area contributed by atoms with Gasteiger partial charge in [0.15, 0.2) is 0 Å². The van der Waals surface area contributed by atoms with Gasteiger partial charge in [-0.1, -0.05) is 6.92 Å². The van der Waals surface area contributed by atoms with Crippen molar-refractivity contribution < 1.29 is 17.9 Å². The molecule has 0 saturated carbocycles. The Bertz CT molecular complexity index is 767. The van der Waals surface area contributed by atoms with E-state index in [1.54, 1.807) is 12.4 Å². The predicted octanol–water partition coefficient (Wildman–Crippen LogP) is 2.15. The van der Waals surface area contributed by atoms with Crippen LogP contribution >= 0.6 is 11.3 Å². The highest BCUT2D eigenvalue weighted by Gasteiger charge is 2.14. The minimum absolute atomic E-state index is 0.121. The van der Waals surface area contributed by atoms with Crippen LogP contribution in [0.25, 0.3) is 0 Å². The molecule has 0 aliphatic heterocycles. The molecule has 23 heavy (non-hydrogen) atoms. The number of carbonyl (C=O) groups excluding carboxylic acids is 1. The Labute approximate surface area is 139 Å². The number of hydrogen-bond donors (Lipinski definition) is 1. The van der Waals surface area contributed by atoms with Gasteiger partial charge in [0.1, 0.15) is 0 Å². The lowest BCUT2D eigenvalue weighted by Crippen LogP contribution is -2.23. The lowest BCUT2D eigenvalue weighted by atomic mass is 10.2. The first-order valence-corrected chi connectivity index (χ1v) is 9.46. The van der Waals surface area contributed by atoms with E-state index in [-0.39, 0.29) is 11.5 Å². The Hall–Kier alpha value is -1.77. The van der Waals surface area contributed by atoms with Crippen LogP contribution in [0.4, 0.5) is 0 Å². The SMILES string of the molecule is CCNS(=O)(=O)c1ccc(C(=O)OCCc2scnc2C)cc1. The number of ether oxygens (including phenoxy) is 1. The summed E-state index contributed by atoms with van der Waals surface area (Å²) >= 11 is 1.53. The summed E-state index contributed by atoms with van der Waals surface area (Å²) in [7, 11) is -3.51. The van der Waals surface area contributed by atoms with Crippen molar-refractivity contribution >= 4 is 27.3 Å². The molecule has 8 heteroatoms. The maximum absolute atomic E-state index is 11.9. The van der Waals surface area contributed by atoms with Crippen LogP contribution < -0.4 is 4.72 Å². The van der Waals surface area contributed by atoms with Gasteiger partial charge in [-0.05, 0) is 31.2 Å². The monoisotopic (exact) mass is 354 g/mol. The largest absolute Gasteiger partial charge is 0.462 e. The quantitative estimate of drug-likeness (QED) is 0.770. The van der Waals surface area contributed by atoms with Gasteiger partial charge in [-0.2, -0.15) is 0 Å². The second-order valence-corrected chi connectivity index (χ2v) is 7.48. The average Bonchev–Trinajstić information content (AvgIpc) is 2.93. The van der Waals surface area contributed by atoms with Crippen molar-refractivity contribution in [1.82, 2.24) is 9.71 Å². The molecule has 1 N–H and O–H groups in total. The van der Waals surface area contributed by atoms with Crippen LogP contribution in [0.1, 0.15) is 27.9 Å². The van der Waals surface area contributed by atoms with Crippen molar-refractivity contribution in [2.75, 3.05) is 13.2 Å². The van der Waals surface area contributed by atoms with E-state index in [1.807, 2.05) is 6.92 Å². The van der Waals surface area contributed by atoms with Gasteiger partial charge in [0, 0.05) is 17.8 Å². The molecule has 0 fully saturated rings. The normalized spacial score (nSPS) is 11.4. The number of carbonyl (C=O) groups is 1. The molecule has 0 aliphatic rings. The second kappa shape index (κ2) is 7.67. The van der Waals surface area contributed by atoms with E-state index >= 15 is 0 Å². The van der Waals surface area contributed by atoms with Crippen LogP contribution in [0, 0.1) is 6.92 Å². The van der Waals surface area contributed by atoms with Crippen molar-refractivity contribution in [3.63, 3.8) is 0 Å². The van der Waals surface area contributed by atoms with Gasteiger partial charge in [-0.15, -0.1) is 11.3 Å². The fourth-order valence-corrected chi connectivity index (χ4v) is 3.73. The molecule has 1 heterocycles. The summed E-state index contributed by atoms with van der Waals surface area (Å²) in [5.41, 5.74) is 3.03. The zero-order chi connectivity index (χ0) is 16.9. The summed E-state index contributed by atoms with van der Waals surface area (Å²) < 4.78 is 31.2. The minimum atomic E-state index is -3.51. The molecule has 0 spiro atoms. The Balaban J connectivity index is 1.94. The van der Waals surface area contributed by atoms with Gasteiger partial charge in [0.2, 0.25) is 10.0 Å². The number of hydrogen-bond acceptors (Lipinski definition) is 6. The molecule has 1 aromatic carbocycles. The van der Waals surface area contributed by atoms with Gasteiger partial charge in [-0.25, -0.2) is 22.9 Å². The first kappa shape index (κ1) is 17.6. The fraction of sp³-hybridized carbons (Fsp3) is 0.333. The number of sulfonamides is 1. The highest BCUT2D eigenvalue weighted by atomic mass is 32.2. The molecular weight excluding hydrogens is 336 g/mol. The second-order valence-electron chi connectivity index (χ2n) is 4.77. The minimum Gasteiger partial charge on any atom is -0.462 e. The van der Waals surface area contributed by atoms with Crippen molar-refractivity contribution in [1.29, 1.82) is 0 Å². The van der Waals surface area contributed by atoms with Crippen molar-refractivity contribution in [3.8, 4) is 0 Å². The van der Waals surface area contributed by atoms with E-state index in [4.69, 9.17) is 4.74 Å². The Morgan fingerprint density at radius 3 is 2.57 bits per heavy atom. The van der Waals surface area contributed by atoms with Crippen LogP contribution in [-0.4, -0.2) is 32.5 Å². The molecule has 2 rings (SSSR count). The number of benzene rings is 1. The summed E-state index contributed by atoms with van der Waals surface area (Å²) in [4.78, 5) is 17.3. The van der Waals surface area contributed by atoms with Crippen LogP contribution in [0.5, 0.6) is 0 Å². The molecule has 0 bridgehead atoms. The number of rotatable bonds is 7. The number of aryl methyl sites for hydroxylation is 1. The molecule has 0 atom stereocenters. The molecule has 0 radical (unpaired) electrons. The van der Waals surface area contributed by atoms with Crippen LogP contribution in [0.2, 0.25) is 0 Å². The number of nitrogens with zero attached hydrogens (tertiary/aromatic N) is 1. The third kappa shape index (κ3) is 4.60. The molecule has 2 aromatic rings. The Kier molecular flexibility index (Phi) is 5.86. The fourth-order valence-electron chi connectivity index (χ4n) is 1.93. The number of thiazole rings is 1. The molecule has 0 aliphatic carbocycles. The Morgan fingerprint density at radius 1 is 1.30 bits per heavy atom. The summed E-state index contributed by atoms with van der Waals surface area (Å²) in [5.74, 6) is -0.473. The van der Waals surface area contributed by atoms with E-state index in [2.05, 4.69) is 9.71 Å². The van der Waals surface area contributed by atoms with E-state index in [9.17, 15) is 13.2 Å². The van der Waals surface area contributed by atoms with Crippen LogP contribution in [-0.2, 0) is 21.2 Å². The standard InChI is InChI=1S/C15H18N2O4S2/c1-3-17-23(19,20)13-6-4-12(5-7-13)15(18)21-9-8-14-11(2)16-10-22-14/h4-7,10,17H,3,8-9H2,1-2H3. The van der Waals surface area contributed by atoms with E-state index in [0.717, 1.165) is 10.6 Å². The smallest absolute Gasteiger partial charge is 0.338 e. The molecular formula is C15H18N2O4S2. The average molecular weight is 354 g/mol. The van der Waals surface area contributed by atoms with Crippen LogP contribution in [0.15, 0.2) is 34.7 Å². The molecule has 0 unspecified atom stereocenters. The van der Waals surface area contributed by atoms with Gasteiger partial charge in [0.05, 0.1) is 28.3 Å². The highest BCUT2D eigenvalue weighted by Crippen LogP contribution is 2.14. The number of aromatic nitrogens is 1. The van der Waals surface area contributed by atoms with E-state index in [1.165, 1.54) is 35.6 Å². The van der Waals surface area contributed by atoms with Gasteiger partial charge in [-0.3, -0.25) is 0 Å². The molecule has 6 nitrogen and oxygen atoms in total. The number of nitrogens with one attached hydrogen (secondary N) is 1. The summed E-state index contributed by atoms with van der Waals surface area (Å²) in [6, 6.07) is 5.68. The first-order chi connectivity index (χ1) is 10.9. The van der Waals surface area contributed by atoms with Crippen LogP contribution in [0.3, 0.4) is 0 Å².